The number of rotatable bonds is 3. The van der Waals surface area contributed by atoms with Crippen molar-refractivity contribution in [3.63, 3.8) is 0 Å². The maximum atomic E-state index is 10.5. The quantitative estimate of drug-likeness (QED) is 0.713. The van der Waals surface area contributed by atoms with Crippen LogP contribution in [0.25, 0.3) is 0 Å². The Hall–Kier alpha value is -1.25. The molecule has 1 aliphatic carbocycles. The Labute approximate surface area is 70.4 Å². The molecule has 0 saturated heterocycles. The largest absolute Gasteiger partial charge is 0.481 e. The van der Waals surface area contributed by atoms with Gasteiger partial charge in [-0.1, -0.05) is 0 Å². The molecule has 0 radical (unpaired) electrons. The van der Waals surface area contributed by atoms with Crippen molar-refractivity contribution >= 4 is 5.97 Å². The van der Waals surface area contributed by atoms with Crippen molar-refractivity contribution in [2.75, 3.05) is 0 Å². The third-order valence-corrected chi connectivity index (χ3v) is 2.51. The monoisotopic (exact) mass is 165 g/mol. The first-order valence-corrected chi connectivity index (χ1v) is 4.09. The van der Waals surface area contributed by atoms with Crippen molar-refractivity contribution in [3.05, 3.63) is 24.0 Å². The molecule has 1 fully saturated rings. The number of aliphatic carboxylic acids is 1. The van der Waals surface area contributed by atoms with Crippen LogP contribution in [0.15, 0.2) is 18.3 Å². The highest BCUT2D eigenvalue weighted by atomic mass is 16.4. The summed E-state index contributed by atoms with van der Waals surface area (Å²) in [5.74, 6) is -0.706. The first-order valence-electron chi connectivity index (χ1n) is 4.09. The lowest BCUT2D eigenvalue weighted by Gasteiger charge is -2.09. The highest BCUT2D eigenvalue weighted by molar-refractivity contribution is 5.69. The molecule has 1 aliphatic rings. The highest BCUT2D eigenvalue weighted by Crippen LogP contribution is 2.50. The summed E-state index contributed by atoms with van der Waals surface area (Å²) in [4.78, 5) is 13.6. The molecule has 1 aromatic heterocycles. The number of aromatic amines is 1. The van der Waals surface area contributed by atoms with Gasteiger partial charge in [0.1, 0.15) is 0 Å². The maximum Gasteiger partial charge on any atom is 0.304 e. The fourth-order valence-corrected chi connectivity index (χ4v) is 1.64. The molecule has 0 aliphatic heterocycles. The van der Waals surface area contributed by atoms with E-state index in [9.17, 15) is 4.79 Å². The average Bonchev–Trinajstić information content (AvgIpc) is 2.61. The van der Waals surface area contributed by atoms with Crippen molar-refractivity contribution in [2.24, 2.45) is 0 Å². The molecule has 3 nitrogen and oxygen atoms in total. The van der Waals surface area contributed by atoms with Crippen LogP contribution < -0.4 is 0 Å². The van der Waals surface area contributed by atoms with E-state index in [-0.39, 0.29) is 11.8 Å². The van der Waals surface area contributed by atoms with Crippen LogP contribution >= 0.6 is 0 Å². The summed E-state index contributed by atoms with van der Waals surface area (Å²) in [6, 6.07) is 3.88. The number of hydrogen-bond acceptors (Lipinski definition) is 1. The lowest BCUT2D eigenvalue weighted by molar-refractivity contribution is -0.137. The number of hydrogen-bond donors (Lipinski definition) is 2. The van der Waals surface area contributed by atoms with Gasteiger partial charge in [-0.2, -0.15) is 0 Å². The van der Waals surface area contributed by atoms with E-state index < -0.39 is 5.97 Å². The van der Waals surface area contributed by atoms with Crippen LogP contribution in [0, 0.1) is 0 Å². The lowest BCUT2D eigenvalue weighted by atomic mass is 9.99. The SMILES string of the molecule is O=C(O)CC1(c2ccc[nH]2)CC1. The molecule has 0 bridgehead atoms. The van der Waals surface area contributed by atoms with Crippen molar-refractivity contribution in [2.45, 2.75) is 24.7 Å². The number of aromatic nitrogens is 1. The van der Waals surface area contributed by atoms with Gasteiger partial charge in [-0.05, 0) is 25.0 Å². The first kappa shape index (κ1) is 7.40. The summed E-state index contributed by atoms with van der Waals surface area (Å²) in [5, 5.41) is 8.67. The van der Waals surface area contributed by atoms with Gasteiger partial charge in [-0.15, -0.1) is 0 Å². The molecule has 64 valence electrons. The molecule has 3 heteroatoms. The van der Waals surface area contributed by atoms with E-state index >= 15 is 0 Å². The minimum Gasteiger partial charge on any atom is -0.481 e. The van der Waals surface area contributed by atoms with Gasteiger partial charge in [0.15, 0.2) is 0 Å². The van der Waals surface area contributed by atoms with Crippen molar-refractivity contribution in [1.82, 2.24) is 4.98 Å². The second-order valence-corrected chi connectivity index (χ2v) is 3.43. The number of nitrogens with one attached hydrogen (secondary N) is 1. The third kappa shape index (κ3) is 1.11. The maximum absolute atomic E-state index is 10.5. The van der Waals surface area contributed by atoms with E-state index in [0.717, 1.165) is 18.5 Å². The molecule has 1 aromatic rings. The average molecular weight is 165 g/mol. The second kappa shape index (κ2) is 2.37. The van der Waals surface area contributed by atoms with Crippen LogP contribution in [0.5, 0.6) is 0 Å². The van der Waals surface area contributed by atoms with E-state index in [4.69, 9.17) is 5.11 Å². The number of H-pyrrole nitrogens is 1. The Morgan fingerprint density at radius 3 is 2.83 bits per heavy atom. The van der Waals surface area contributed by atoms with Crippen molar-refractivity contribution in [3.8, 4) is 0 Å². The zero-order chi connectivity index (χ0) is 8.60. The van der Waals surface area contributed by atoms with Gasteiger partial charge < -0.3 is 10.1 Å². The van der Waals surface area contributed by atoms with Crippen LogP contribution in [0.2, 0.25) is 0 Å². The normalized spacial score (nSPS) is 19.0. The molecule has 0 spiro atoms. The minimum absolute atomic E-state index is 0.0602. The Morgan fingerprint density at radius 2 is 2.42 bits per heavy atom. The minimum atomic E-state index is -0.706. The molecule has 1 heterocycles. The second-order valence-electron chi connectivity index (χ2n) is 3.43. The summed E-state index contributed by atoms with van der Waals surface area (Å²) >= 11 is 0. The van der Waals surface area contributed by atoms with E-state index in [1.165, 1.54) is 0 Å². The number of carboxylic acids is 1. The van der Waals surface area contributed by atoms with E-state index in [2.05, 4.69) is 4.98 Å². The molecular formula is C9H11NO2. The molecule has 2 N–H and O–H groups in total. The fourth-order valence-electron chi connectivity index (χ4n) is 1.64. The Kier molecular flexibility index (Phi) is 1.46. The number of carboxylic acid groups (broad SMARTS) is 1. The first-order chi connectivity index (χ1) is 5.73. The van der Waals surface area contributed by atoms with Gasteiger partial charge in [-0.3, -0.25) is 4.79 Å². The summed E-state index contributed by atoms with van der Waals surface area (Å²) < 4.78 is 0. The Balaban J connectivity index is 2.17. The van der Waals surface area contributed by atoms with Gasteiger partial charge >= 0.3 is 5.97 Å². The summed E-state index contributed by atoms with van der Waals surface area (Å²) in [5.41, 5.74) is 1.01. The van der Waals surface area contributed by atoms with E-state index in [1.807, 2.05) is 18.3 Å². The molecule has 0 aromatic carbocycles. The van der Waals surface area contributed by atoms with Crippen LogP contribution in [0.3, 0.4) is 0 Å². The van der Waals surface area contributed by atoms with Crippen LogP contribution in [-0.2, 0) is 10.2 Å². The lowest BCUT2D eigenvalue weighted by Crippen LogP contribution is -2.12. The Morgan fingerprint density at radius 1 is 1.67 bits per heavy atom. The standard InChI is InChI=1S/C9H11NO2/c11-8(12)6-9(3-4-9)7-2-1-5-10-7/h1-2,5,10H,3-4,6H2,(H,11,12). The fraction of sp³-hybridized carbons (Fsp3) is 0.444. The van der Waals surface area contributed by atoms with E-state index in [0.29, 0.717) is 0 Å². The van der Waals surface area contributed by atoms with E-state index in [1.54, 1.807) is 0 Å². The molecular weight excluding hydrogens is 154 g/mol. The van der Waals surface area contributed by atoms with Gasteiger partial charge in [0.2, 0.25) is 0 Å². The predicted octanol–water partition coefficient (Wildman–Crippen LogP) is 1.52. The van der Waals surface area contributed by atoms with Crippen molar-refractivity contribution < 1.29 is 9.90 Å². The summed E-state index contributed by atoms with van der Waals surface area (Å²) in [6.45, 7) is 0. The van der Waals surface area contributed by atoms with Crippen LogP contribution in [-0.4, -0.2) is 16.1 Å². The smallest absolute Gasteiger partial charge is 0.304 e. The molecule has 1 saturated carbocycles. The van der Waals surface area contributed by atoms with Gasteiger partial charge in [-0.25, -0.2) is 0 Å². The zero-order valence-electron chi connectivity index (χ0n) is 6.71. The van der Waals surface area contributed by atoms with Crippen molar-refractivity contribution in [1.29, 1.82) is 0 Å². The topological polar surface area (TPSA) is 53.1 Å². The van der Waals surface area contributed by atoms with Gasteiger partial charge in [0.25, 0.3) is 0 Å². The zero-order valence-corrected chi connectivity index (χ0v) is 6.71. The number of carbonyl (C=O) groups is 1. The van der Waals surface area contributed by atoms with Gasteiger partial charge in [0.05, 0.1) is 6.42 Å². The summed E-state index contributed by atoms with van der Waals surface area (Å²) in [6.07, 6.45) is 4.10. The molecule has 2 rings (SSSR count). The Bertz CT molecular complexity index is 285. The van der Waals surface area contributed by atoms with Gasteiger partial charge in [0, 0.05) is 17.3 Å². The van der Waals surface area contributed by atoms with Crippen LogP contribution in [0.4, 0.5) is 0 Å². The molecule has 0 unspecified atom stereocenters. The molecule has 0 atom stereocenters. The molecule has 12 heavy (non-hydrogen) atoms. The van der Waals surface area contributed by atoms with Crippen LogP contribution in [0.1, 0.15) is 25.0 Å². The highest BCUT2D eigenvalue weighted by Gasteiger charge is 2.46. The third-order valence-electron chi connectivity index (χ3n) is 2.51. The molecule has 0 amide bonds. The summed E-state index contributed by atoms with van der Waals surface area (Å²) in [7, 11) is 0. The predicted molar refractivity (Wildman–Crippen MR) is 44.0 cm³/mol.